The van der Waals surface area contributed by atoms with Gasteiger partial charge in [-0.1, -0.05) is 0 Å². The predicted octanol–water partition coefficient (Wildman–Crippen LogP) is 3.52. The fourth-order valence-electron chi connectivity index (χ4n) is 2.59. The second kappa shape index (κ2) is 8.66. The fourth-order valence-corrected chi connectivity index (χ4v) is 5.00. The van der Waals surface area contributed by atoms with Crippen LogP contribution in [0.15, 0.2) is 60.7 Å². The maximum atomic E-state index is 12.8. The second-order valence-corrected chi connectivity index (χ2v) is 10.1. The molecule has 0 aliphatic rings. The van der Waals surface area contributed by atoms with Crippen molar-refractivity contribution in [1.29, 1.82) is 0 Å². The Bertz CT molecular complexity index is 665. The van der Waals surface area contributed by atoms with Crippen molar-refractivity contribution in [2.75, 3.05) is 0 Å². The Morgan fingerprint density at radius 2 is 1.52 bits per heavy atom. The van der Waals surface area contributed by atoms with Gasteiger partial charge in [0.05, 0.1) is 0 Å². The number of carbonyl (C=O) groups is 1. The van der Waals surface area contributed by atoms with Gasteiger partial charge in [0.1, 0.15) is 0 Å². The molecule has 2 aromatic carbocycles. The van der Waals surface area contributed by atoms with E-state index in [0.29, 0.717) is 0 Å². The molecule has 0 unspecified atom stereocenters. The molecule has 0 aromatic heterocycles. The zero-order chi connectivity index (χ0) is 18.4. The normalized spacial score (nSPS) is 15.2. The van der Waals surface area contributed by atoms with E-state index in [-0.39, 0.29) is 25.7 Å². The summed E-state index contributed by atoms with van der Waals surface area (Å²) in [5, 5.41) is 10.9. The summed E-state index contributed by atoms with van der Waals surface area (Å²) < 4.78 is 6.82. The Balaban J connectivity index is 2.26. The van der Waals surface area contributed by atoms with E-state index in [2.05, 4.69) is 12.1 Å². The van der Waals surface area contributed by atoms with Gasteiger partial charge in [0.25, 0.3) is 0 Å². The molecule has 3 nitrogen and oxygen atoms in total. The molecule has 0 aliphatic carbocycles. The summed E-state index contributed by atoms with van der Waals surface area (Å²) >= 11 is 0.0542. The molecule has 3 atom stereocenters. The average Bonchev–Trinajstić information content (AvgIpc) is 2.55. The molecule has 0 radical (unpaired) electrons. The molecule has 0 aliphatic heterocycles. The van der Waals surface area contributed by atoms with E-state index in [0.717, 1.165) is 5.56 Å². The van der Waals surface area contributed by atoms with E-state index in [1.165, 1.54) is 4.46 Å². The maximum absolute atomic E-state index is 12.8. The first-order chi connectivity index (χ1) is 11.8. The van der Waals surface area contributed by atoms with Crippen LogP contribution >= 0.6 is 0 Å². The van der Waals surface area contributed by atoms with E-state index in [9.17, 15) is 9.90 Å². The van der Waals surface area contributed by atoms with Crippen LogP contribution in [0, 0.1) is 5.92 Å². The standard InChI is InChI=1S/C21H26O3Se/c1-15(25-17-13-9-6-10-14-17)18(20(23)24-21(2,3)4)19(22)16-11-7-5-8-12-16/h5-15,18-19,22H,1-4H3/t15-,18+,19-/m1/s1. The molecule has 134 valence electrons. The van der Waals surface area contributed by atoms with Gasteiger partial charge in [-0.05, 0) is 0 Å². The number of aliphatic hydroxyl groups excluding tert-OH is 1. The van der Waals surface area contributed by atoms with Gasteiger partial charge in [-0.3, -0.25) is 0 Å². The van der Waals surface area contributed by atoms with Crippen LogP contribution in [0.3, 0.4) is 0 Å². The number of aliphatic hydroxyl groups is 1. The predicted molar refractivity (Wildman–Crippen MR) is 102 cm³/mol. The molecule has 0 fully saturated rings. The number of carbonyl (C=O) groups excluding carboxylic acids is 1. The molecule has 0 spiro atoms. The van der Waals surface area contributed by atoms with Crippen LogP contribution in [0.2, 0.25) is 4.82 Å². The fraction of sp³-hybridized carbons (Fsp3) is 0.381. The summed E-state index contributed by atoms with van der Waals surface area (Å²) in [6.07, 6.45) is -0.878. The van der Waals surface area contributed by atoms with Gasteiger partial charge in [-0.2, -0.15) is 0 Å². The zero-order valence-corrected chi connectivity index (χ0v) is 16.9. The Morgan fingerprint density at radius 1 is 1.00 bits per heavy atom. The number of esters is 1. The number of hydrogen-bond acceptors (Lipinski definition) is 3. The van der Waals surface area contributed by atoms with E-state index < -0.39 is 17.6 Å². The van der Waals surface area contributed by atoms with Gasteiger partial charge in [-0.15, -0.1) is 0 Å². The van der Waals surface area contributed by atoms with E-state index in [4.69, 9.17) is 4.74 Å². The molecule has 0 saturated heterocycles. The van der Waals surface area contributed by atoms with Crippen LogP contribution in [-0.2, 0) is 9.53 Å². The number of ether oxygens (including phenoxy) is 1. The van der Waals surface area contributed by atoms with Crippen molar-refractivity contribution in [3.05, 3.63) is 66.2 Å². The Kier molecular flexibility index (Phi) is 6.83. The Labute approximate surface area is 156 Å². The molecule has 2 rings (SSSR count). The summed E-state index contributed by atoms with van der Waals surface area (Å²) in [6.45, 7) is 7.57. The first-order valence-electron chi connectivity index (χ1n) is 8.45. The third-order valence-corrected chi connectivity index (χ3v) is 6.27. The van der Waals surface area contributed by atoms with Crippen molar-refractivity contribution in [3.8, 4) is 0 Å². The van der Waals surface area contributed by atoms with Crippen LogP contribution in [0.25, 0.3) is 0 Å². The SMILES string of the molecule is C[C@@H]([Se]c1ccccc1)[C@H](C(=O)OC(C)(C)C)[C@H](O)c1ccccc1. The van der Waals surface area contributed by atoms with Crippen molar-refractivity contribution in [2.45, 2.75) is 44.2 Å². The van der Waals surface area contributed by atoms with Gasteiger partial charge < -0.3 is 0 Å². The molecule has 0 saturated carbocycles. The van der Waals surface area contributed by atoms with Gasteiger partial charge in [0, 0.05) is 0 Å². The van der Waals surface area contributed by atoms with Crippen molar-refractivity contribution in [3.63, 3.8) is 0 Å². The Hall–Kier alpha value is -1.61. The van der Waals surface area contributed by atoms with Gasteiger partial charge >= 0.3 is 156 Å². The van der Waals surface area contributed by atoms with E-state index in [1.807, 2.05) is 76.2 Å². The van der Waals surface area contributed by atoms with E-state index >= 15 is 0 Å². The zero-order valence-electron chi connectivity index (χ0n) is 15.2. The molecule has 0 amide bonds. The second-order valence-electron chi connectivity index (χ2n) is 7.05. The molecular formula is C21H26O3Se. The molecule has 0 bridgehead atoms. The van der Waals surface area contributed by atoms with Crippen molar-refractivity contribution in [1.82, 2.24) is 0 Å². The van der Waals surface area contributed by atoms with Crippen LogP contribution in [0.1, 0.15) is 39.4 Å². The molecule has 4 heteroatoms. The average molecular weight is 405 g/mol. The minimum atomic E-state index is -0.878. The first kappa shape index (κ1) is 19.7. The summed E-state index contributed by atoms with van der Waals surface area (Å²) in [4.78, 5) is 12.8. The van der Waals surface area contributed by atoms with Crippen LogP contribution < -0.4 is 4.46 Å². The summed E-state index contributed by atoms with van der Waals surface area (Å²) in [5.41, 5.74) is 0.166. The summed E-state index contributed by atoms with van der Waals surface area (Å²) in [6, 6.07) is 19.5. The van der Waals surface area contributed by atoms with Crippen LogP contribution in [-0.4, -0.2) is 31.6 Å². The molecule has 2 aromatic rings. The van der Waals surface area contributed by atoms with Crippen molar-refractivity contribution in [2.24, 2.45) is 5.92 Å². The van der Waals surface area contributed by atoms with Crippen LogP contribution in [0.5, 0.6) is 0 Å². The summed E-state index contributed by atoms with van der Waals surface area (Å²) in [7, 11) is 0. The first-order valence-corrected chi connectivity index (χ1v) is 10.3. The quantitative estimate of drug-likeness (QED) is 0.591. The van der Waals surface area contributed by atoms with Gasteiger partial charge in [-0.25, -0.2) is 0 Å². The minimum absolute atomic E-state index is 0.0000406. The number of rotatable bonds is 6. The topological polar surface area (TPSA) is 46.5 Å². The third-order valence-electron chi connectivity index (χ3n) is 3.73. The molecule has 0 heterocycles. The van der Waals surface area contributed by atoms with Crippen LogP contribution in [0.4, 0.5) is 0 Å². The van der Waals surface area contributed by atoms with E-state index in [1.54, 1.807) is 0 Å². The number of hydrogen-bond donors (Lipinski definition) is 1. The molecule has 1 N–H and O–H groups in total. The van der Waals surface area contributed by atoms with Crippen molar-refractivity contribution >= 4 is 25.4 Å². The molecule has 25 heavy (non-hydrogen) atoms. The molecular weight excluding hydrogens is 379 g/mol. The summed E-state index contributed by atoms with van der Waals surface area (Å²) in [5.74, 6) is -0.934. The Morgan fingerprint density at radius 3 is 2.04 bits per heavy atom. The third kappa shape index (κ3) is 6.00. The van der Waals surface area contributed by atoms with Crippen molar-refractivity contribution < 1.29 is 14.6 Å². The number of benzene rings is 2. The van der Waals surface area contributed by atoms with Gasteiger partial charge in [0.15, 0.2) is 0 Å². The monoisotopic (exact) mass is 406 g/mol. The van der Waals surface area contributed by atoms with Gasteiger partial charge in [0.2, 0.25) is 0 Å².